The molecule has 0 fully saturated rings. The summed E-state index contributed by atoms with van der Waals surface area (Å²) in [7, 11) is 0. The molecule has 0 saturated heterocycles. The number of carbonyl (C=O) groups is 1. The minimum absolute atomic E-state index is 0.182. The summed E-state index contributed by atoms with van der Waals surface area (Å²) in [6, 6.07) is 24.3. The Hall–Kier alpha value is -2.27. The monoisotopic (exact) mass is 439 g/mol. The van der Waals surface area contributed by atoms with Crippen LogP contribution in [0, 0.1) is 0 Å². The van der Waals surface area contributed by atoms with Gasteiger partial charge in [-0.2, -0.15) is 12.6 Å². The Morgan fingerprint density at radius 2 is 1.60 bits per heavy atom. The number of rotatable bonds is 8. The highest BCUT2D eigenvalue weighted by Gasteiger charge is 2.42. The van der Waals surface area contributed by atoms with E-state index in [0.717, 1.165) is 24.0 Å². The highest BCUT2D eigenvalue weighted by atomic mass is 35.5. The molecule has 0 aliphatic rings. The number of carbonyl (C=O) groups excluding carboxylic acids is 1. The fraction of sp³-hybridized carbons (Fsp3) is 0.240. The van der Waals surface area contributed by atoms with Crippen LogP contribution in [0.2, 0.25) is 5.02 Å². The molecule has 0 aliphatic heterocycles. The van der Waals surface area contributed by atoms with Gasteiger partial charge in [0.1, 0.15) is 6.04 Å². The van der Waals surface area contributed by atoms with Gasteiger partial charge in [0.15, 0.2) is 5.60 Å². The number of halogens is 1. The first-order valence-electron chi connectivity index (χ1n) is 10.0. The molecule has 2 N–H and O–H groups in total. The van der Waals surface area contributed by atoms with Crippen LogP contribution in [0.5, 0.6) is 0 Å². The van der Waals surface area contributed by atoms with Gasteiger partial charge in [-0.05, 0) is 18.1 Å². The van der Waals surface area contributed by atoms with Crippen molar-refractivity contribution in [2.24, 2.45) is 5.73 Å². The fourth-order valence-corrected chi connectivity index (χ4v) is 3.98. The average Bonchev–Trinajstić information content (AvgIpc) is 2.78. The second-order valence-corrected chi connectivity index (χ2v) is 7.96. The van der Waals surface area contributed by atoms with E-state index >= 15 is 0 Å². The van der Waals surface area contributed by atoms with Gasteiger partial charge in [-0.15, -0.1) is 0 Å². The first-order valence-corrected chi connectivity index (χ1v) is 11.0. The van der Waals surface area contributed by atoms with Gasteiger partial charge in [0.2, 0.25) is 0 Å². The van der Waals surface area contributed by atoms with E-state index in [1.807, 2.05) is 60.7 Å². The number of hydrogen-bond acceptors (Lipinski definition) is 4. The molecule has 0 aromatic heterocycles. The molecule has 0 spiro atoms. The zero-order valence-electron chi connectivity index (χ0n) is 16.9. The van der Waals surface area contributed by atoms with Crippen molar-refractivity contribution in [2.75, 3.05) is 5.75 Å². The van der Waals surface area contributed by atoms with Crippen LogP contribution in [0.1, 0.15) is 35.6 Å². The van der Waals surface area contributed by atoms with Gasteiger partial charge >= 0.3 is 5.97 Å². The number of ether oxygens (including phenoxy) is 1. The minimum atomic E-state index is -1.23. The molecular formula is C25H26ClNO2S. The molecular weight excluding hydrogens is 414 g/mol. The van der Waals surface area contributed by atoms with Gasteiger partial charge in [-0.3, -0.25) is 4.79 Å². The first-order chi connectivity index (χ1) is 14.5. The van der Waals surface area contributed by atoms with E-state index in [4.69, 9.17) is 22.1 Å². The maximum atomic E-state index is 13.0. The van der Waals surface area contributed by atoms with Crippen molar-refractivity contribution in [3.63, 3.8) is 0 Å². The number of benzene rings is 3. The van der Waals surface area contributed by atoms with E-state index in [1.165, 1.54) is 5.56 Å². The Bertz CT molecular complexity index is 978. The summed E-state index contributed by atoms with van der Waals surface area (Å²) in [5, 5.41) is 0.506. The van der Waals surface area contributed by atoms with Gasteiger partial charge in [-0.1, -0.05) is 97.7 Å². The van der Waals surface area contributed by atoms with E-state index in [-0.39, 0.29) is 5.75 Å². The number of aryl methyl sites for hydroxylation is 1. The Morgan fingerprint density at radius 3 is 2.20 bits per heavy atom. The van der Waals surface area contributed by atoms with E-state index < -0.39 is 17.6 Å². The van der Waals surface area contributed by atoms with Crippen molar-refractivity contribution in [1.29, 1.82) is 0 Å². The zero-order chi connectivity index (χ0) is 21.6. The average molecular weight is 440 g/mol. The quantitative estimate of drug-likeness (QED) is 0.281. The zero-order valence-corrected chi connectivity index (χ0v) is 18.6. The van der Waals surface area contributed by atoms with E-state index in [2.05, 4.69) is 31.7 Å². The molecule has 3 rings (SSSR count). The minimum Gasteiger partial charge on any atom is -0.443 e. The van der Waals surface area contributed by atoms with Crippen LogP contribution in [0.15, 0.2) is 78.9 Å². The standard InChI is InChI=1S/C25H26ClNO2S/c1-2-8-18-13-15-20(16-14-18)25(19-9-4-3-5-10-19,29-24(28)23(27)17-30)21-11-6-7-12-22(21)26/h3-7,9-16,23,30H,2,8,17,27H2,1H3. The molecule has 30 heavy (non-hydrogen) atoms. The summed E-state index contributed by atoms with van der Waals surface area (Å²) >= 11 is 10.8. The lowest BCUT2D eigenvalue weighted by atomic mass is 9.79. The van der Waals surface area contributed by atoms with Crippen LogP contribution < -0.4 is 5.73 Å². The highest BCUT2D eigenvalue weighted by Crippen LogP contribution is 2.43. The normalized spacial score (nSPS) is 14.0. The summed E-state index contributed by atoms with van der Waals surface area (Å²) < 4.78 is 6.23. The Kier molecular flexibility index (Phi) is 7.59. The maximum Gasteiger partial charge on any atom is 0.325 e. The molecule has 3 aromatic rings. The van der Waals surface area contributed by atoms with Crippen molar-refractivity contribution in [1.82, 2.24) is 0 Å². The van der Waals surface area contributed by atoms with E-state index in [1.54, 1.807) is 6.07 Å². The number of thiol groups is 1. The third-order valence-electron chi connectivity index (χ3n) is 5.09. The summed E-state index contributed by atoms with van der Waals surface area (Å²) in [5.41, 5.74) is 8.25. The topological polar surface area (TPSA) is 52.3 Å². The molecule has 5 heteroatoms. The SMILES string of the molecule is CCCc1ccc(C(OC(=O)C(N)CS)(c2ccccc2)c2ccccc2Cl)cc1. The first kappa shape index (κ1) is 22.4. The van der Waals surface area contributed by atoms with Crippen molar-refractivity contribution in [2.45, 2.75) is 31.4 Å². The van der Waals surface area contributed by atoms with E-state index in [0.29, 0.717) is 10.6 Å². The maximum absolute atomic E-state index is 13.0. The predicted octanol–water partition coefficient (Wildman–Crippen LogP) is 5.38. The molecule has 0 aliphatic carbocycles. The van der Waals surface area contributed by atoms with Crippen LogP contribution >= 0.6 is 24.2 Å². The van der Waals surface area contributed by atoms with Crippen LogP contribution in [-0.4, -0.2) is 17.8 Å². The molecule has 3 aromatic carbocycles. The lowest BCUT2D eigenvalue weighted by Crippen LogP contribution is -2.42. The van der Waals surface area contributed by atoms with Gasteiger partial charge in [0, 0.05) is 27.5 Å². The lowest BCUT2D eigenvalue weighted by molar-refractivity contribution is -0.154. The molecule has 156 valence electrons. The number of hydrogen-bond donors (Lipinski definition) is 2. The fourth-order valence-electron chi connectivity index (χ4n) is 3.57. The molecule has 0 radical (unpaired) electrons. The third-order valence-corrected chi connectivity index (χ3v) is 5.81. The van der Waals surface area contributed by atoms with Gasteiger partial charge in [0.05, 0.1) is 0 Å². The lowest BCUT2D eigenvalue weighted by Gasteiger charge is -2.36. The second-order valence-electron chi connectivity index (χ2n) is 7.18. The summed E-state index contributed by atoms with van der Waals surface area (Å²) in [5.74, 6) is -0.354. The molecule has 0 amide bonds. The Morgan fingerprint density at radius 1 is 1.00 bits per heavy atom. The molecule has 2 atom stereocenters. The van der Waals surface area contributed by atoms with Gasteiger partial charge in [0.25, 0.3) is 0 Å². The molecule has 0 saturated carbocycles. The van der Waals surface area contributed by atoms with Gasteiger partial charge < -0.3 is 10.5 Å². The third kappa shape index (κ3) is 4.56. The van der Waals surface area contributed by atoms with Crippen LogP contribution in [0.3, 0.4) is 0 Å². The van der Waals surface area contributed by atoms with E-state index in [9.17, 15) is 4.79 Å². The van der Waals surface area contributed by atoms with Crippen LogP contribution in [0.4, 0.5) is 0 Å². The van der Waals surface area contributed by atoms with Crippen molar-refractivity contribution in [3.05, 3.63) is 106 Å². The second kappa shape index (κ2) is 10.2. The molecule has 3 nitrogen and oxygen atoms in total. The summed E-state index contributed by atoms with van der Waals surface area (Å²) in [6.07, 6.45) is 2.04. The summed E-state index contributed by atoms with van der Waals surface area (Å²) in [6.45, 7) is 2.15. The number of esters is 1. The van der Waals surface area contributed by atoms with Crippen LogP contribution in [-0.2, 0) is 21.6 Å². The molecule has 0 bridgehead atoms. The molecule has 2 unspecified atom stereocenters. The smallest absolute Gasteiger partial charge is 0.325 e. The largest absolute Gasteiger partial charge is 0.443 e. The van der Waals surface area contributed by atoms with Crippen molar-refractivity contribution < 1.29 is 9.53 Å². The van der Waals surface area contributed by atoms with Crippen molar-refractivity contribution >= 4 is 30.2 Å². The molecule has 0 heterocycles. The summed E-state index contributed by atoms with van der Waals surface area (Å²) in [4.78, 5) is 13.0. The highest BCUT2D eigenvalue weighted by molar-refractivity contribution is 7.80. The van der Waals surface area contributed by atoms with Crippen molar-refractivity contribution in [3.8, 4) is 0 Å². The predicted molar refractivity (Wildman–Crippen MR) is 126 cm³/mol. The number of nitrogens with two attached hydrogens (primary N) is 1. The Labute approximate surface area is 188 Å². The Balaban J connectivity index is 2.28. The van der Waals surface area contributed by atoms with Crippen LogP contribution in [0.25, 0.3) is 0 Å². The van der Waals surface area contributed by atoms with Gasteiger partial charge in [-0.25, -0.2) is 0 Å².